The maximum Gasteiger partial charge on any atom is 0.137 e. The zero-order valence-corrected chi connectivity index (χ0v) is 10.4. The van der Waals surface area contributed by atoms with E-state index in [1.807, 2.05) is 11.8 Å². The van der Waals surface area contributed by atoms with E-state index >= 15 is 0 Å². The highest BCUT2D eigenvalue weighted by Gasteiger charge is 2.16. The van der Waals surface area contributed by atoms with Crippen molar-refractivity contribution in [1.29, 1.82) is 0 Å². The molecule has 0 aliphatic carbocycles. The van der Waals surface area contributed by atoms with Gasteiger partial charge < -0.3 is 16.2 Å². The van der Waals surface area contributed by atoms with Gasteiger partial charge in [0.2, 0.25) is 0 Å². The molecule has 1 aliphatic rings. The summed E-state index contributed by atoms with van der Waals surface area (Å²) < 4.78 is 5.72. The Morgan fingerprint density at radius 2 is 2.00 bits per heavy atom. The summed E-state index contributed by atoms with van der Waals surface area (Å²) >= 11 is 1.96. The summed E-state index contributed by atoms with van der Waals surface area (Å²) in [6.45, 7) is 7.44. The molecule has 0 radical (unpaired) electrons. The molecule has 0 amide bonds. The molecular weight excluding hydrogens is 220 g/mol. The topological polar surface area (TPSA) is 61.3 Å². The molecule has 1 saturated heterocycles. The quantitative estimate of drug-likeness (QED) is 0.439. The zero-order chi connectivity index (χ0) is 12.0. The molecule has 0 aromatic carbocycles. The van der Waals surface area contributed by atoms with Gasteiger partial charge in [0.1, 0.15) is 11.9 Å². The Balaban J connectivity index is 2.50. The minimum absolute atomic E-state index is 0.240. The van der Waals surface area contributed by atoms with Gasteiger partial charge in [0.25, 0.3) is 0 Å². The maximum absolute atomic E-state index is 5.84. The summed E-state index contributed by atoms with van der Waals surface area (Å²) in [7, 11) is 0. The van der Waals surface area contributed by atoms with Gasteiger partial charge in [-0.25, -0.2) is 0 Å². The van der Waals surface area contributed by atoms with E-state index in [2.05, 4.69) is 13.2 Å². The van der Waals surface area contributed by atoms with E-state index in [0.717, 1.165) is 24.3 Å². The molecule has 0 saturated carbocycles. The van der Waals surface area contributed by atoms with Crippen molar-refractivity contribution >= 4 is 11.8 Å². The van der Waals surface area contributed by atoms with Gasteiger partial charge in [-0.3, -0.25) is 0 Å². The SMILES string of the molecule is C=CC/C(N)=C(\N)C(=C)OC1CCSCC1. The van der Waals surface area contributed by atoms with Gasteiger partial charge in [0.15, 0.2) is 0 Å². The molecule has 4 heteroatoms. The first kappa shape index (κ1) is 13.0. The molecule has 0 aromatic heterocycles. The summed E-state index contributed by atoms with van der Waals surface area (Å²) in [6, 6.07) is 0. The van der Waals surface area contributed by atoms with Crippen LogP contribution in [0.4, 0.5) is 0 Å². The zero-order valence-electron chi connectivity index (χ0n) is 9.58. The standard InChI is InChI=1S/C12H20N2OS/c1-3-4-11(13)12(14)9(2)15-10-5-7-16-8-6-10/h3,10H,1-2,4-8,13-14H2/b12-11+. The van der Waals surface area contributed by atoms with Crippen LogP contribution in [0.3, 0.4) is 0 Å². The molecule has 0 bridgehead atoms. The monoisotopic (exact) mass is 240 g/mol. The highest BCUT2D eigenvalue weighted by Crippen LogP contribution is 2.22. The molecule has 1 aliphatic heterocycles. The smallest absolute Gasteiger partial charge is 0.137 e. The number of nitrogens with two attached hydrogens (primary N) is 2. The van der Waals surface area contributed by atoms with E-state index in [1.165, 1.54) is 0 Å². The molecule has 0 atom stereocenters. The van der Waals surface area contributed by atoms with Gasteiger partial charge in [-0.05, 0) is 24.3 Å². The summed E-state index contributed by atoms with van der Waals surface area (Å²) in [5, 5.41) is 0. The second-order valence-electron chi connectivity index (χ2n) is 3.78. The average molecular weight is 240 g/mol. The maximum atomic E-state index is 5.84. The van der Waals surface area contributed by atoms with Crippen LogP contribution >= 0.6 is 11.8 Å². The lowest BCUT2D eigenvalue weighted by Crippen LogP contribution is -2.22. The second kappa shape index (κ2) is 6.53. The fourth-order valence-electron chi connectivity index (χ4n) is 1.50. The van der Waals surface area contributed by atoms with Gasteiger partial charge in [-0.1, -0.05) is 12.7 Å². The molecule has 0 unspecified atom stereocenters. The molecule has 1 heterocycles. The van der Waals surface area contributed by atoms with Crippen molar-refractivity contribution in [2.75, 3.05) is 11.5 Å². The Kier molecular flexibility index (Phi) is 5.32. The summed E-state index contributed by atoms with van der Waals surface area (Å²) in [6.07, 6.45) is 4.63. The Labute approximate surface area is 102 Å². The predicted molar refractivity (Wildman–Crippen MR) is 70.8 cm³/mol. The number of hydrogen-bond donors (Lipinski definition) is 2. The normalized spacial score (nSPS) is 18.8. The minimum Gasteiger partial charge on any atom is -0.489 e. The first-order chi connectivity index (χ1) is 7.65. The van der Waals surface area contributed by atoms with E-state index in [-0.39, 0.29) is 6.10 Å². The van der Waals surface area contributed by atoms with Crippen LogP contribution in [0.15, 0.2) is 36.4 Å². The molecule has 16 heavy (non-hydrogen) atoms. The van der Waals surface area contributed by atoms with Gasteiger partial charge in [0, 0.05) is 12.1 Å². The Hall–Kier alpha value is -1.03. The third kappa shape index (κ3) is 3.85. The lowest BCUT2D eigenvalue weighted by Gasteiger charge is -2.24. The molecular formula is C12H20N2OS. The second-order valence-corrected chi connectivity index (χ2v) is 5.01. The Bertz CT molecular complexity index is 293. The molecule has 90 valence electrons. The number of hydrogen-bond acceptors (Lipinski definition) is 4. The Morgan fingerprint density at radius 3 is 2.56 bits per heavy atom. The highest BCUT2D eigenvalue weighted by molar-refractivity contribution is 7.99. The number of rotatable bonds is 5. The first-order valence-corrected chi connectivity index (χ1v) is 6.59. The summed E-state index contributed by atoms with van der Waals surface area (Å²) in [4.78, 5) is 0. The number of ether oxygens (including phenoxy) is 1. The fraction of sp³-hybridized carbons (Fsp3) is 0.500. The van der Waals surface area contributed by atoms with E-state index in [1.54, 1.807) is 6.08 Å². The van der Waals surface area contributed by atoms with Crippen molar-refractivity contribution < 1.29 is 4.74 Å². The van der Waals surface area contributed by atoms with Crippen LogP contribution in [-0.2, 0) is 4.74 Å². The lowest BCUT2D eigenvalue weighted by atomic mass is 10.2. The molecule has 0 aromatic rings. The van der Waals surface area contributed by atoms with E-state index in [9.17, 15) is 0 Å². The molecule has 4 N–H and O–H groups in total. The Morgan fingerprint density at radius 1 is 1.38 bits per heavy atom. The van der Waals surface area contributed by atoms with Crippen LogP contribution in [0.1, 0.15) is 19.3 Å². The molecule has 1 fully saturated rings. The van der Waals surface area contributed by atoms with Crippen molar-refractivity contribution in [3.05, 3.63) is 36.4 Å². The summed E-state index contributed by atoms with van der Waals surface area (Å²) in [5.41, 5.74) is 12.6. The number of allylic oxidation sites excluding steroid dienone is 1. The van der Waals surface area contributed by atoms with Gasteiger partial charge in [0.05, 0.1) is 5.70 Å². The fourth-order valence-corrected chi connectivity index (χ4v) is 2.57. The van der Waals surface area contributed by atoms with Crippen LogP contribution in [0, 0.1) is 0 Å². The summed E-state index contributed by atoms with van der Waals surface area (Å²) in [5.74, 6) is 2.78. The van der Waals surface area contributed by atoms with Crippen LogP contribution in [0.25, 0.3) is 0 Å². The molecule has 3 nitrogen and oxygen atoms in total. The molecule has 0 spiro atoms. The van der Waals surface area contributed by atoms with Gasteiger partial charge in [-0.2, -0.15) is 11.8 Å². The average Bonchev–Trinajstić information content (AvgIpc) is 2.29. The van der Waals surface area contributed by atoms with Crippen molar-refractivity contribution in [3.63, 3.8) is 0 Å². The van der Waals surface area contributed by atoms with Crippen molar-refractivity contribution in [1.82, 2.24) is 0 Å². The van der Waals surface area contributed by atoms with E-state index in [0.29, 0.717) is 23.6 Å². The van der Waals surface area contributed by atoms with Crippen LogP contribution in [0.2, 0.25) is 0 Å². The number of thioether (sulfide) groups is 1. The van der Waals surface area contributed by atoms with Crippen molar-refractivity contribution in [3.8, 4) is 0 Å². The van der Waals surface area contributed by atoms with Crippen LogP contribution < -0.4 is 11.5 Å². The lowest BCUT2D eigenvalue weighted by molar-refractivity contribution is 0.115. The van der Waals surface area contributed by atoms with E-state index in [4.69, 9.17) is 16.2 Å². The molecule has 1 rings (SSSR count). The highest BCUT2D eigenvalue weighted by atomic mass is 32.2. The van der Waals surface area contributed by atoms with Crippen LogP contribution in [-0.4, -0.2) is 17.6 Å². The van der Waals surface area contributed by atoms with Gasteiger partial charge in [-0.15, -0.1) is 6.58 Å². The third-order valence-electron chi connectivity index (χ3n) is 2.49. The predicted octanol–water partition coefficient (Wildman–Crippen LogP) is 2.12. The van der Waals surface area contributed by atoms with E-state index < -0.39 is 0 Å². The van der Waals surface area contributed by atoms with Gasteiger partial charge >= 0.3 is 0 Å². The van der Waals surface area contributed by atoms with Crippen molar-refractivity contribution in [2.45, 2.75) is 25.4 Å². The third-order valence-corrected chi connectivity index (χ3v) is 3.54. The largest absolute Gasteiger partial charge is 0.489 e. The minimum atomic E-state index is 0.240. The first-order valence-electron chi connectivity index (χ1n) is 5.43. The van der Waals surface area contributed by atoms with Crippen LogP contribution in [0.5, 0.6) is 0 Å². The van der Waals surface area contributed by atoms with Crippen molar-refractivity contribution in [2.24, 2.45) is 11.5 Å².